The van der Waals surface area contributed by atoms with Gasteiger partial charge in [0.1, 0.15) is 18.0 Å². The first-order valence-corrected chi connectivity index (χ1v) is 8.10. The Hall–Kier alpha value is -2.08. The number of benzene rings is 1. The topological polar surface area (TPSA) is 61.9 Å². The summed E-state index contributed by atoms with van der Waals surface area (Å²) >= 11 is 0. The van der Waals surface area contributed by atoms with Crippen molar-refractivity contribution in [3.8, 4) is 5.75 Å². The fraction of sp³-hybridized carbons (Fsp3) is 0.529. The van der Waals surface area contributed by atoms with Crippen LogP contribution in [0.5, 0.6) is 5.75 Å². The van der Waals surface area contributed by atoms with E-state index in [1.807, 2.05) is 31.2 Å². The summed E-state index contributed by atoms with van der Waals surface area (Å²) in [6, 6.07) is 6.82. The standard InChI is InChI=1S/C17H25N3O3/c1-4-19(5-2)13(3)23-15-8-6-14(7-9-15)16-17(22)18-10-11-20(16)12-21/h6-9,12-13,16H,4-5,10-11H2,1-3H3,(H,18,22). The third-order valence-electron chi connectivity index (χ3n) is 4.21. The molecular formula is C17H25N3O3. The summed E-state index contributed by atoms with van der Waals surface area (Å²) in [5, 5.41) is 2.79. The van der Waals surface area contributed by atoms with Crippen molar-refractivity contribution in [2.75, 3.05) is 26.2 Å². The van der Waals surface area contributed by atoms with Crippen LogP contribution in [-0.2, 0) is 9.59 Å². The number of amides is 2. The molecule has 2 amide bonds. The predicted molar refractivity (Wildman–Crippen MR) is 88.0 cm³/mol. The smallest absolute Gasteiger partial charge is 0.247 e. The molecule has 1 heterocycles. The molecule has 1 N–H and O–H groups in total. The van der Waals surface area contributed by atoms with Crippen LogP contribution in [0.4, 0.5) is 0 Å². The van der Waals surface area contributed by atoms with Crippen LogP contribution in [0.1, 0.15) is 32.4 Å². The average Bonchev–Trinajstić information content (AvgIpc) is 2.56. The molecule has 0 saturated carbocycles. The van der Waals surface area contributed by atoms with E-state index in [1.165, 1.54) is 4.90 Å². The molecule has 6 heteroatoms. The van der Waals surface area contributed by atoms with Crippen LogP contribution in [0.25, 0.3) is 0 Å². The van der Waals surface area contributed by atoms with Crippen LogP contribution in [-0.4, -0.2) is 54.5 Å². The quantitative estimate of drug-likeness (QED) is 0.609. The molecule has 1 aromatic carbocycles. The fourth-order valence-corrected chi connectivity index (χ4v) is 2.88. The van der Waals surface area contributed by atoms with Crippen molar-refractivity contribution in [1.29, 1.82) is 0 Å². The molecule has 2 rings (SSSR count). The Balaban J connectivity index is 2.09. The van der Waals surface area contributed by atoms with Gasteiger partial charge in [0, 0.05) is 13.1 Å². The van der Waals surface area contributed by atoms with E-state index in [4.69, 9.17) is 4.74 Å². The summed E-state index contributed by atoms with van der Waals surface area (Å²) in [6.45, 7) is 9.08. The number of carbonyl (C=O) groups is 2. The molecule has 0 spiro atoms. The lowest BCUT2D eigenvalue weighted by atomic mass is 10.0. The van der Waals surface area contributed by atoms with E-state index in [-0.39, 0.29) is 12.1 Å². The highest BCUT2D eigenvalue weighted by molar-refractivity contribution is 5.86. The monoisotopic (exact) mass is 319 g/mol. The molecule has 1 aliphatic rings. The zero-order chi connectivity index (χ0) is 16.8. The molecule has 1 saturated heterocycles. The Morgan fingerprint density at radius 2 is 2.00 bits per heavy atom. The number of hydrogen-bond donors (Lipinski definition) is 1. The first kappa shape index (κ1) is 17.3. The number of nitrogens with one attached hydrogen (secondary N) is 1. The van der Waals surface area contributed by atoms with E-state index in [0.717, 1.165) is 30.8 Å². The highest BCUT2D eigenvalue weighted by atomic mass is 16.5. The molecule has 0 radical (unpaired) electrons. The lowest BCUT2D eigenvalue weighted by molar-refractivity contribution is -0.136. The summed E-state index contributed by atoms with van der Waals surface area (Å²) in [4.78, 5) is 26.9. The lowest BCUT2D eigenvalue weighted by Gasteiger charge is -2.32. The van der Waals surface area contributed by atoms with Crippen molar-refractivity contribution in [3.63, 3.8) is 0 Å². The van der Waals surface area contributed by atoms with Crippen LogP contribution in [0.15, 0.2) is 24.3 Å². The molecule has 2 unspecified atom stereocenters. The second-order valence-electron chi connectivity index (χ2n) is 5.54. The Bertz CT molecular complexity index is 528. The molecule has 23 heavy (non-hydrogen) atoms. The molecule has 0 aromatic heterocycles. The third kappa shape index (κ3) is 4.01. The third-order valence-corrected chi connectivity index (χ3v) is 4.21. The van der Waals surface area contributed by atoms with Gasteiger partial charge in [-0.1, -0.05) is 26.0 Å². The maximum atomic E-state index is 12.0. The number of rotatable bonds is 7. The molecule has 126 valence electrons. The van der Waals surface area contributed by atoms with Crippen LogP contribution < -0.4 is 10.1 Å². The Labute approximate surface area is 137 Å². The van der Waals surface area contributed by atoms with E-state index in [1.54, 1.807) is 0 Å². The second kappa shape index (κ2) is 7.97. The first-order chi connectivity index (χ1) is 11.1. The van der Waals surface area contributed by atoms with Crippen molar-refractivity contribution in [2.45, 2.75) is 33.0 Å². The van der Waals surface area contributed by atoms with Gasteiger partial charge in [-0.05, 0) is 37.7 Å². The van der Waals surface area contributed by atoms with Gasteiger partial charge < -0.3 is 15.0 Å². The molecule has 1 fully saturated rings. The molecule has 6 nitrogen and oxygen atoms in total. The Morgan fingerprint density at radius 3 is 2.57 bits per heavy atom. The molecule has 2 atom stereocenters. The number of piperazine rings is 1. The normalized spacial score (nSPS) is 19.4. The van der Waals surface area contributed by atoms with Crippen LogP contribution in [0.3, 0.4) is 0 Å². The van der Waals surface area contributed by atoms with Crippen LogP contribution in [0.2, 0.25) is 0 Å². The maximum absolute atomic E-state index is 12.0. The summed E-state index contributed by atoms with van der Waals surface area (Å²) in [5.41, 5.74) is 0.789. The van der Waals surface area contributed by atoms with Crippen molar-refractivity contribution < 1.29 is 14.3 Å². The molecule has 1 aromatic rings. The summed E-state index contributed by atoms with van der Waals surface area (Å²) in [5.74, 6) is 0.607. The molecule has 0 bridgehead atoms. The largest absolute Gasteiger partial charge is 0.475 e. The highest BCUT2D eigenvalue weighted by Gasteiger charge is 2.30. The number of carbonyl (C=O) groups excluding carboxylic acids is 2. The Kier molecular flexibility index (Phi) is 5.98. The number of nitrogens with zero attached hydrogens (tertiary/aromatic N) is 2. The predicted octanol–water partition coefficient (Wildman–Crippen LogP) is 1.38. The molecule has 1 aliphatic heterocycles. The lowest BCUT2D eigenvalue weighted by Crippen LogP contribution is -2.49. The number of hydrogen-bond acceptors (Lipinski definition) is 4. The highest BCUT2D eigenvalue weighted by Crippen LogP contribution is 2.24. The molecule has 0 aliphatic carbocycles. The van der Waals surface area contributed by atoms with E-state index >= 15 is 0 Å². The van der Waals surface area contributed by atoms with E-state index < -0.39 is 6.04 Å². The zero-order valence-corrected chi connectivity index (χ0v) is 14.0. The number of ether oxygens (including phenoxy) is 1. The molecular weight excluding hydrogens is 294 g/mol. The fourth-order valence-electron chi connectivity index (χ4n) is 2.88. The summed E-state index contributed by atoms with van der Waals surface area (Å²) < 4.78 is 5.92. The maximum Gasteiger partial charge on any atom is 0.247 e. The van der Waals surface area contributed by atoms with Crippen molar-refractivity contribution in [3.05, 3.63) is 29.8 Å². The van der Waals surface area contributed by atoms with Gasteiger partial charge in [-0.2, -0.15) is 0 Å². The SMILES string of the molecule is CCN(CC)C(C)Oc1ccc(C2C(=O)NCCN2C=O)cc1. The van der Waals surface area contributed by atoms with Gasteiger partial charge in [-0.15, -0.1) is 0 Å². The van der Waals surface area contributed by atoms with Crippen LogP contribution in [0, 0.1) is 0 Å². The van der Waals surface area contributed by atoms with Gasteiger partial charge in [0.15, 0.2) is 0 Å². The van der Waals surface area contributed by atoms with Crippen molar-refractivity contribution >= 4 is 12.3 Å². The summed E-state index contributed by atoms with van der Waals surface area (Å²) in [7, 11) is 0. The first-order valence-electron chi connectivity index (χ1n) is 8.10. The van der Waals surface area contributed by atoms with Crippen LogP contribution >= 0.6 is 0 Å². The van der Waals surface area contributed by atoms with Crippen molar-refractivity contribution in [2.24, 2.45) is 0 Å². The minimum Gasteiger partial charge on any atom is -0.475 e. The van der Waals surface area contributed by atoms with E-state index in [2.05, 4.69) is 24.1 Å². The van der Waals surface area contributed by atoms with Gasteiger partial charge in [0.05, 0.1) is 0 Å². The minimum atomic E-state index is -0.560. The van der Waals surface area contributed by atoms with E-state index in [0.29, 0.717) is 13.1 Å². The van der Waals surface area contributed by atoms with Gasteiger partial charge >= 0.3 is 0 Å². The van der Waals surface area contributed by atoms with Gasteiger partial charge in [-0.25, -0.2) is 0 Å². The van der Waals surface area contributed by atoms with E-state index in [9.17, 15) is 9.59 Å². The van der Waals surface area contributed by atoms with Gasteiger partial charge in [-0.3, -0.25) is 14.5 Å². The van der Waals surface area contributed by atoms with Gasteiger partial charge in [0.25, 0.3) is 0 Å². The van der Waals surface area contributed by atoms with Gasteiger partial charge in [0.2, 0.25) is 12.3 Å². The average molecular weight is 319 g/mol. The summed E-state index contributed by atoms with van der Waals surface area (Å²) in [6.07, 6.45) is 0.719. The zero-order valence-electron chi connectivity index (χ0n) is 14.0. The Morgan fingerprint density at radius 1 is 1.35 bits per heavy atom. The second-order valence-corrected chi connectivity index (χ2v) is 5.54. The van der Waals surface area contributed by atoms with Crippen molar-refractivity contribution in [1.82, 2.24) is 15.1 Å². The minimum absolute atomic E-state index is 0.0136.